The average Bonchev–Trinajstić information content (AvgIpc) is 3.40. The minimum atomic E-state index is -0.904. The molecule has 0 unspecified atom stereocenters. The highest BCUT2D eigenvalue weighted by Crippen LogP contribution is 2.48. The molecule has 34 heavy (non-hydrogen) atoms. The molecule has 2 fully saturated rings. The molecule has 6 rings (SSSR count). The van der Waals surface area contributed by atoms with Crippen LogP contribution >= 0.6 is 0 Å². The lowest BCUT2D eigenvalue weighted by atomic mass is 9.87. The molecule has 0 N–H and O–H groups in total. The fraction of sp³-hybridized carbons (Fsp3) is 0.143. The third kappa shape index (κ3) is 3.07. The van der Waals surface area contributed by atoms with Crippen molar-refractivity contribution in [3.63, 3.8) is 0 Å². The van der Waals surface area contributed by atoms with Gasteiger partial charge in [0.1, 0.15) is 11.7 Å². The zero-order valence-electron chi connectivity index (χ0n) is 18.5. The van der Waals surface area contributed by atoms with Crippen molar-refractivity contribution in [2.45, 2.75) is 12.1 Å². The van der Waals surface area contributed by atoms with Gasteiger partial charge in [0.15, 0.2) is 6.10 Å². The van der Waals surface area contributed by atoms with E-state index in [9.17, 15) is 9.59 Å². The van der Waals surface area contributed by atoms with Crippen LogP contribution in [0.25, 0.3) is 10.8 Å². The summed E-state index contributed by atoms with van der Waals surface area (Å²) >= 11 is 0. The molecule has 2 aliphatic rings. The Balaban J connectivity index is 1.48. The number of hydrogen-bond donors (Lipinski definition) is 0. The molecule has 2 saturated heterocycles. The molecule has 0 aromatic heterocycles. The average molecular weight is 450 g/mol. The highest BCUT2D eigenvalue weighted by atomic mass is 16.7. The largest absolute Gasteiger partial charge is 0.497 e. The molecule has 2 amide bonds. The molecule has 4 aromatic carbocycles. The van der Waals surface area contributed by atoms with Crippen molar-refractivity contribution >= 4 is 34.0 Å². The fourth-order valence-corrected chi connectivity index (χ4v) is 5.02. The van der Waals surface area contributed by atoms with Crippen LogP contribution in [0.3, 0.4) is 0 Å². The second kappa shape index (κ2) is 8.01. The molecule has 0 aliphatic carbocycles. The van der Waals surface area contributed by atoms with Gasteiger partial charge in [-0.3, -0.25) is 14.4 Å². The lowest BCUT2D eigenvalue weighted by Crippen LogP contribution is -2.37. The topological polar surface area (TPSA) is 59.1 Å². The highest BCUT2D eigenvalue weighted by Gasteiger charge is 2.60. The Hall–Kier alpha value is -4.16. The molecule has 0 bridgehead atoms. The number of nitrogens with zero attached hydrogens (tertiary/aromatic N) is 2. The molecule has 0 spiro atoms. The Morgan fingerprint density at radius 1 is 0.735 bits per heavy atom. The van der Waals surface area contributed by atoms with E-state index in [1.54, 1.807) is 36.4 Å². The van der Waals surface area contributed by atoms with Crippen molar-refractivity contribution in [2.24, 2.45) is 5.92 Å². The number of ether oxygens (including phenoxy) is 1. The normalized spacial score (nSPS) is 21.9. The number of imide groups is 1. The van der Waals surface area contributed by atoms with E-state index in [1.807, 2.05) is 72.8 Å². The monoisotopic (exact) mass is 450 g/mol. The van der Waals surface area contributed by atoms with Crippen LogP contribution in [0.15, 0.2) is 97.1 Å². The number of carbonyl (C=O) groups excluding carboxylic acids is 2. The van der Waals surface area contributed by atoms with E-state index in [2.05, 4.69) is 0 Å². The van der Waals surface area contributed by atoms with Gasteiger partial charge in [0, 0.05) is 0 Å². The van der Waals surface area contributed by atoms with Gasteiger partial charge in [-0.2, -0.15) is 0 Å². The molecule has 2 heterocycles. The summed E-state index contributed by atoms with van der Waals surface area (Å²) in [6, 6.07) is 30.2. The summed E-state index contributed by atoms with van der Waals surface area (Å²) in [5, 5.41) is 3.83. The van der Waals surface area contributed by atoms with Crippen LogP contribution in [-0.4, -0.2) is 25.0 Å². The van der Waals surface area contributed by atoms with Crippen LogP contribution in [0.4, 0.5) is 11.4 Å². The standard InChI is InChI=1S/C28H22N2O4/c1-33-21-16-14-19(15-17-21)29-27(31)24-25(23-13-7-9-18-8-5-6-12-22(18)23)30(34-26(24)28(29)32)20-10-3-2-4-11-20/h2-17,24-26H,1H3/t24-,25-,26+/m0/s1. The SMILES string of the molecule is COc1ccc(N2C(=O)[C@@H]3[C@@H](ON(c4ccccc4)[C@H]3c3cccc4ccccc34)C2=O)cc1. The maximum atomic E-state index is 13.8. The van der Waals surface area contributed by atoms with Gasteiger partial charge >= 0.3 is 0 Å². The lowest BCUT2D eigenvalue weighted by molar-refractivity contribution is -0.126. The van der Waals surface area contributed by atoms with E-state index in [1.165, 1.54) is 4.90 Å². The number of anilines is 2. The first-order valence-electron chi connectivity index (χ1n) is 11.2. The van der Waals surface area contributed by atoms with Crippen molar-refractivity contribution < 1.29 is 19.2 Å². The van der Waals surface area contributed by atoms with Gasteiger partial charge in [-0.1, -0.05) is 60.7 Å². The number of hydrogen-bond acceptors (Lipinski definition) is 5. The zero-order chi connectivity index (χ0) is 23.2. The van der Waals surface area contributed by atoms with Crippen molar-refractivity contribution in [3.05, 3.63) is 103 Å². The Bertz CT molecular complexity index is 1380. The summed E-state index contributed by atoms with van der Waals surface area (Å²) in [7, 11) is 1.58. The van der Waals surface area contributed by atoms with Gasteiger partial charge in [-0.25, -0.2) is 9.96 Å². The van der Waals surface area contributed by atoms with Gasteiger partial charge in [0.2, 0.25) is 5.91 Å². The number of fused-ring (bicyclic) bond motifs is 2. The van der Waals surface area contributed by atoms with Crippen LogP contribution in [0.5, 0.6) is 5.75 Å². The number of para-hydroxylation sites is 1. The molecule has 6 heteroatoms. The molecule has 6 nitrogen and oxygen atoms in total. The maximum Gasteiger partial charge on any atom is 0.266 e. The lowest BCUT2D eigenvalue weighted by Gasteiger charge is -2.29. The van der Waals surface area contributed by atoms with E-state index in [0.29, 0.717) is 11.4 Å². The first-order valence-corrected chi connectivity index (χ1v) is 11.2. The second-order valence-corrected chi connectivity index (χ2v) is 8.44. The molecule has 2 aliphatic heterocycles. The molecule has 168 valence electrons. The van der Waals surface area contributed by atoms with Crippen LogP contribution in [-0.2, 0) is 14.4 Å². The van der Waals surface area contributed by atoms with Crippen LogP contribution in [0.1, 0.15) is 11.6 Å². The summed E-state index contributed by atoms with van der Waals surface area (Å²) in [5.41, 5.74) is 2.26. The van der Waals surface area contributed by atoms with Gasteiger partial charge in [0.25, 0.3) is 5.91 Å². The van der Waals surface area contributed by atoms with Gasteiger partial charge < -0.3 is 4.74 Å². The van der Waals surface area contributed by atoms with E-state index < -0.39 is 18.1 Å². The van der Waals surface area contributed by atoms with E-state index >= 15 is 0 Å². The number of methoxy groups -OCH3 is 1. The number of benzene rings is 4. The smallest absolute Gasteiger partial charge is 0.266 e. The number of rotatable bonds is 4. The number of amides is 2. The molecular weight excluding hydrogens is 428 g/mol. The second-order valence-electron chi connectivity index (χ2n) is 8.44. The van der Waals surface area contributed by atoms with Crippen molar-refractivity contribution in [1.82, 2.24) is 0 Å². The quantitative estimate of drug-likeness (QED) is 0.414. The highest BCUT2D eigenvalue weighted by molar-refractivity contribution is 6.24. The van der Waals surface area contributed by atoms with Crippen molar-refractivity contribution in [3.8, 4) is 5.75 Å². The van der Waals surface area contributed by atoms with Gasteiger partial charge in [-0.05, 0) is 52.7 Å². The summed E-state index contributed by atoms with van der Waals surface area (Å²) in [6.07, 6.45) is -0.904. The number of carbonyl (C=O) groups is 2. The summed E-state index contributed by atoms with van der Waals surface area (Å²) < 4.78 is 5.22. The van der Waals surface area contributed by atoms with Crippen LogP contribution < -0.4 is 14.7 Å². The maximum absolute atomic E-state index is 13.8. The summed E-state index contributed by atoms with van der Waals surface area (Å²) in [4.78, 5) is 34.8. The van der Waals surface area contributed by atoms with E-state index in [0.717, 1.165) is 22.0 Å². The van der Waals surface area contributed by atoms with E-state index in [4.69, 9.17) is 9.57 Å². The van der Waals surface area contributed by atoms with Crippen LogP contribution in [0.2, 0.25) is 0 Å². The first-order chi connectivity index (χ1) is 16.7. The summed E-state index contributed by atoms with van der Waals surface area (Å²) in [6.45, 7) is 0. The fourth-order valence-electron chi connectivity index (χ4n) is 5.02. The van der Waals surface area contributed by atoms with Gasteiger partial charge in [-0.15, -0.1) is 0 Å². The molecular formula is C28H22N2O4. The number of hydroxylamine groups is 1. The summed E-state index contributed by atoms with van der Waals surface area (Å²) in [5.74, 6) is -0.649. The molecule has 0 saturated carbocycles. The minimum absolute atomic E-state index is 0.267. The Morgan fingerprint density at radius 3 is 2.21 bits per heavy atom. The predicted octanol–water partition coefficient (Wildman–Crippen LogP) is 4.90. The van der Waals surface area contributed by atoms with Crippen LogP contribution in [0, 0.1) is 5.92 Å². The third-order valence-corrected chi connectivity index (χ3v) is 6.60. The Labute approximate surface area is 196 Å². The molecule has 3 atom stereocenters. The molecule has 0 radical (unpaired) electrons. The minimum Gasteiger partial charge on any atom is -0.497 e. The first kappa shape index (κ1) is 20.4. The molecule has 4 aromatic rings. The Morgan fingerprint density at radius 2 is 1.44 bits per heavy atom. The zero-order valence-corrected chi connectivity index (χ0v) is 18.5. The van der Waals surface area contributed by atoms with E-state index in [-0.39, 0.29) is 11.8 Å². The predicted molar refractivity (Wildman–Crippen MR) is 129 cm³/mol. The van der Waals surface area contributed by atoms with Crippen molar-refractivity contribution in [2.75, 3.05) is 17.1 Å². The van der Waals surface area contributed by atoms with Gasteiger partial charge in [0.05, 0.1) is 24.5 Å². The van der Waals surface area contributed by atoms with Crippen molar-refractivity contribution in [1.29, 1.82) is 0 Å². The Kier molecular flexibility index (Phi) is 4.81. The third-order valence-electron chi connectivity index (χ3n) is 6.60.